The van der Waals surface area contributed by atoms with E-state index in [9.17, 15) is 0 Å². The van der Waals surface area contributed by atoms with Crippen LogP contribution in [0.25, 0.3) is 0 Å². The number of nitrogens with zero attached hydrogens (tertiary/aromatic N) is 2. The Bertz CT molecular complexity index is 172. The maximum atomic E-state index is 8.64. The van der Waals surface area contributed by atoms with Crippen LogP contribution >= 0.6 is 12.4 Å². The summed E-state index contributed by atoms with van der Waals surface area (Å²) < 4.78 is 0. The fourth-order valence-corrected chi connectivity index (χ4v) is 0.334. The highest BCUT2D eigenvalue weighted by atomic mass is 35.5. The van der Waals surface area contributed by atoms with Crippen LogP contribution in [0.3, 0.4) is 0 Å². The van der Waals surface area contributed by atoms with Gasteiger partial charge in [-0.1, -0.05) is 0 Å². The van der Waals surface area contributed by atoms with Crippen LogP contribution in [0.4, 0.5) is 5.69 Å². The third kappa shape index (κ3) is 1.73. The van der Waals surface area contributed by atoms with Gasteiger partial charge in [0.2, 0.25) is 5.88 Å². The molecule has 1 heterocycles. The quantitative estimate of drug-likeness (QED) is 0.550. The molecule has 4 nitrogen and oxygen atoms in total. The van der Waals surface area contributed by atoms with Crippen LogP contribution in [0, 0.1) is 0 Å². The molecule has 0 aromatic carbocycles. The van der Waals surface area contributed by atoms with Gasteiger partial charge in [-0.25, -0.2) is 9.97 Å². The first-order chi connectivity index (χ1) is 3.80. The van der Waals surface area contributed by atoms with Crippen molar-refractivity contribution < 1.29 is 5.11 Å². The molecular formula is C4H6ClN3O. The third-order valence-corrected chi connectivity index (χ3v) is 0.719. The summed E-state index contributed by atoms with van der Waals surface area (Å²) in [4.78, 5) is 6.95. The van der Waals surface area contributed by atoms with Gasteiger partial charge in [0.1, 0.15) is 12.0 Å². The zero-order chi connectivity index (χ0) is 5.98. The molecule has 0 fully saturated rings. The second-order valence-electron chi connectivity index (χ2n) is 1.30. The first-order valence-corrected chi connectivity index (χ1v) is 2.05. The van der Waals surface area contributed by atoms with Crippen molar-refractivity contribution in [1.82, 2.24) is 9.97 Å². The molecule has 3 N–H and O–H groups in total. The average Bonchev–Trinajstić information content (AvgIpc) is 1.77. The second kappa shape index (κ2) is 3.09. The van der Waals surface area contributed by atoms with E-state index in [0.29, 0.717) is 0 Å². The number of hydrogen-bond acceptors (Lipinski definition) is 4. The minimum absolute atomic E-state index is 0. The van der Waals surface area contributed by atoms with Gasteiger partial charge in [-0.2, -0.15) is 0 Å². The summed E-state index contributed by atoms with van der Waals surface area (Å²) >= 11 is 0. The number of aromatic nitrogens is 2. The fraction of sp³-hybridized carbons (Fsp3) is 0. The van der Waals surface area contributed by atoms with E-state index in [-0.39, 0.29) is 24.0 Å². The molecule has 0 spiro atoms. The molecule has 9 heavy (non-hydrogen) atoms. The van der Waals surface area contributed by atoms with Crippen molar-refractivity contribution in [2.75, 3.05) is 5.73 Å². The molecule has 0 unspecified atom stereocenters. The summed E-state index contributed by atoms with van der Waals surface area (Å²) in [5, 5.41) is 8.64. The van der Waals surface area contributed by atoms with E-state index in [2.05, 4.69) is 9.97 Å². The Balaban J connectivity index is 0.000000640. The van der Waals surface area contributed by atoms with Crippen LogP contribution in [0.2, 0.25) is 0 Å². The van der Waals surface area contributed by atoms with Gasteiger partial charge in [-0.05, 0) is 0 Å². The summed E-state index contributed by atoms with van der Waals surface area (Å²) in [6.07, 6.45) is 2.56. The molecule has 0 radical (unpaired) electrons. The average molecular weight is 148 g/mol. The molecular weight excluding hydrogens is 142 g/mol. The van der Waals surface area contributed by atoms with Gasteiger partial charge in [-0.15, -0.1) is 12.4 Å². The summed E-state index contributed by atoms with van der Waals surface area (Å²) in [5.74, 6) is -0.167. The SMILES string of the molecule is Cl.Nc1cncnc1O. The molecule has 0 aliphatic rings. The maximum absolute atomic E-state index is 8.64. The maximum Gasteiger partial charge on any atom is 0.237 e. The molecule has 0 bridgehead atoms. The predicted molar refractivity (Wildman–Crippen MR) is 35.4 cm³/mol. The van der Waals surface area contributed by atoms with Crippen molar-refractivity contribution in [3.05, 3.63) is 12.5 Å². The fourth-order valence-electron chi connectivity index (χ4n) is 0.334. The Hall–Kier alpha value is -1.03. The lowest BCUT2D eigenvalue weighted by Gasteiger charge is -1.90. The van der Waals surface area contributed by atoms with Crippen LogP contribution in [0.1, 0.15) is 0 Å². The Labute approximate surface area is 58.2 Å². The van der Waals surface area contributed by atoms with E-state index in [1.807, 2.05) is 0 Å². The minimum atomic E-state index is -0.167. The van der Waals surface area contributed by atoms with Crippen molar-refractivity contribution in [1.29, 1.82) is 0 Å². The second-order valence-corrected chi connectivity index (χ2v) is 1.30. The Kier molecular flexibility index (Phi) is 2.73. The molecule has 0 aliphatic carbocycles. The van der Waals surface area contributed by atoms with Crippen molar-refractivity contribution in [2.24, 2.45) is 0 Å². The standard InChI is InChI=1S/C4H5N3O.ClH/c5-3-1-6-2-7-4(3)8;/h1-2H,5H2,(H,6,7,8);1H. The van der Waals surface area contributed by atoms with Gasteiger partial charge in [0.05, 0.1) is 6.20 Å². The smallest absolute Gasteiger partial charge is 0.237 e. The Morgan fingerprint density at radius 2 is 2.22 bits per heavy atom. The van der Waals surface area contributed by atoms with Gasteiger partial charge in [0, 0.05) is 0 Å². The monoisotopic (exact) mass is 147 g/mol. The van der Waals surface area contributed by atoms with E-state index in [1.54, 1.807) is 0 Å². The van der Waals surface area contributed by atoms with Gasteiger partial charge in [0.25, 0.3) is 0 Å². The van der Waals surface area contributed by atoms with Crippen LogP contribution < -0.4 is 5.73 Å². The third-order valence-electron chi connectivity index (χ3n) is 0.719. The highest BCUT2D eigenvalue weighted by Crippen LogP contribution is 2.10. The Morgan fingerprint density at radius 1 is 1.56 bits per heavy atom. The highest BCUT2D eigenvalue weighted by molar-refractivity contribution is 5.85. The van der Waals surface area contributed by atoms with Crippen LogP contribution in [0.15, 0.2) is 12.5 Å². The van der Waals surface area contributed by atoms with Crippen molar-refractivity contribution in [3.8, 4) is 5.88 Å². The molecule has 1 aromatic heterocycles. The highest BCUT2D eigenvalue weighted by Gasteiger charge is 1.91. The first-order valence-electron chi connectivity index (χ1n) is 2.05. The lowest BCUT2D eigenvalue weighted by atomic mass is 10.5. The van der Waals surface area contributed by atoms with Crippen molar-refractivity contribution in [3.63, 3.8) is 0 Å². The number of rotatable bonds is 0. The number of hydrogen-bond donors (Lipinski definition) is 2. The molecule has 0 amide bonds. The largest absolute Gasteiger partial charge is 0.492 e. The van der Waals surface area contributed by atoms with Crippen molar-refractivity contribution >= 4 is 18.1 Å². The van der Waals surface area contributed by atoms with E-state index in [0.717, 1.165) is 0 Å². The van der Waals surface area contributed by atoms with Gasteiger partial charge in [-0.3, -0.25) is 0 Å². The zero-order valence-corrected chi connectivity index (χ0v) is 5.30. The number of nitrogen functional groups attached to an aromatic ring is 1. The summed E-state index contributed by atoms with van der Waals surface area (Å²) in [6.45, 7) is 0. The predicted octanol–water partition coefficient (Wildman–Crippen LogP) is 0.186. The minimum Gasteiger partial charge on any atom is -0.492 e. The Morgan fingerprint density at radius 3 is 2.56 bits per heavy atom. The first kappa shape index (κ1) is 7.97. The van der Waals surface area contributed by atoms with E-state index >= 15 is 0 Å². The summed E-state index contributed by atoms with van der Waals surface area (Å²) in [7, 11) is 0. The van der Waals surface area contributed by atoms with Gasteiger partial charge in [0.15, 0.2) is 0 Å². The molecule has 0 saturated carbocycles. The summed E-state index contributed by atoms with van der Waals surface area (Å²) in [6, 6.07) is 0. The van der Waals surface area contributed by atoms with Crippen LogP contribution in [0.5, 0.6) is 5.88 Å². The number of nitrogens with two attached hydrogens (primary N) is 1. The normalized spacial score (nSPS) is 8.00. The molecule has 1 rings (SSSR count). The molecule has 0 aliphatic heterocycles. The van der Waals surface area contributed by atoms with E-state index in [1.165, 1.54) is 12.5 Å². The molecule has 5 heteroatoms. The number of anilines is 1. The van der Waals surface area contributed by atoms with Crippen molar-refractivity contribution in [2.45, 2.75) is 0 Å². The summed E-state index contributed by atoms with van der Waals surface area (Å²) in [5.41, 5.74) is 5.35. The van der Waals surface area contributed by atoms with E-state index < -0.39 is 0 Å². The van der Waals surface area contributed by atoms with Gasteiger partial charge >= 0.3 is 0 Å². The zero-order valence-electron chi connectivity index (χ0n) is 4.48. The molecule has 1 aromatic rings. The van der Waals surface area contributed by atoms with Gasteiger partial charge < -0.3 is 10.8 Å². The van der Waals surface area contributed by atoms with Crippen LogP contribution in [-0.4, -0.2) is 15.1 Å². The molecule has 50 valence electrons. The number of halogens is 1. The lowest BCUT2D eigenvalue weighted by Crippen LogP contribution is -1.87. The molecule has 0 saturated heterocycles. The molecule has 0 atom stereocenters. The lowest BCUT2D eigenvalue weighted by molar-refractivity contribution is 0.455. The van der Waals surface area contributed by atoms with Crippen LogP contribution in [-0.2, 0) is 0 Å². The topological polar surface area (TPSA) is 72.0 Å². The number of aromatic hydroxyl groups is 1. The van der Waals surface area contributed by atoms with E-state index in [4.69, 9.17) is 10.8 Å².